The quantitative estimate of drug-likeness (QED) is 0.576. The SMILES string of the molecule is CCOc1ccc(NC(=O)CNC(=O)OCc2ccccc2)cc1S(=O)(=O)N1CCCCC1. The van der Waals surface area contributed by atoms with Crippen LogP contribution in [-0.4, -0.2) is 51.0 Å². The van der Waals surface area contributed by atoms with Crippen LogP contribution in [0.5, 0.6) is 5.75 Å². The van der Waals surface area contributed by atoms with Crippen molar-refractivity contribution in [1.29, 1.82) is 0 Å². The molecule has 2 aromatic rings. The first-order valence-corrected chi connectivity index (χ1v) is 12.4. The molecule has 2 N–H and O–H groups in total. The maximum absolute atomic E-state index is 13.2. The van der Waals surface area contributed by atoms with E-state index in [-0.39, 0.29) is 23.8 Å². The van der Waals surface area contributed by atoms with Crippen LogP contribution < -0.4 is 15.4 Å². The van der Waals surface area contributed by atoms with E-state index in [0.717, 1.165) is 24.8 Å². The molecule has 2 amide bonds. The molecule has 9 nitrogen and oxygen atoms in total. The van der Waals surface area contributed by atoms with Crippen molar-refractivity contribution in [2.45, 2.75) is 37.7 Å². The summed E-state index contributed by atoms with van der Waals surface area (Å²) in [7, 11) is -3.77. The first kappa shape index (κ1) is 24.5. The topological polar surface area (TPSA) is 114 Å². The molecule has 0 spiro atoms. The molecule has 2 aromatic carbocycles. The van der Waals surface area contributed by atoms with Gasteiger partial charge in [-0.05, 0) is 43.5 Å². The highest BCUT2D eigenvalue weighted by Crippen LogP contribution is 2.31. The average molecular weight is 476 g/mol. The van der Waals surface area contributed by atoms with Gasteiger partial charge in [-0.2, -0.15) is 4.31 Å². The van der Waals surface area contributed by atoms with Crippen LogP contribution >= 0.6 is 0 Å². The lowest BCUT2D eigenvalue weighted by molar-refractivity contribution is -0.115. The summed E-state index contributed by atoms with van der Waals surface area (Å²) >= 11 is 0. The second-order valence-corrected chi connectivity index (χ2v) is 9.43. The molecule has 0 saturated carbocycles. The summed E-state index contributed by atoms with van der Waals surface area (Å²) < 4.78 is 38.4. The largest absolute Gasteiger partial charge is 0.492 e. The number of carbonyl (C=O) groups excluding carboxylic acids is 2. The van der Waals surface area contributed by atoms with E-state index in [1.807, 2.05) is 30.3 Å². The second-order valence-electron chi connectivity index (χ2n) is 7.52. The fourth-order valence-corrected chi connectivity index (χ4v) is 5.11. The summed E-state index contributed by atoms with van der Waals surface area (Å²) in [6.07, 6.45) is 1.90. The second kappa shape index (κ2) is 11.7. The third-order valence-corrected chi connectivity index (χ3v) is 6.99. The standard InChI is InChI=1S/C23H29N3O6S/c1-2-31-20-12-11-19(15-21(20)33(29,30)26-13-7-4-8-14-26)25-22(27)16-24-23(28)32-17-18-9-5-3-6-10-18/h3,5-6,9-12,15H,2,4,7-8,13-14,16-17H2,1H3,(H,24,28)(H,25,27). The molecule has 1 saturated heterocycles. The number of nitrogens with one attached hydrogen (secondary N) is 2. The van der Waals surface area contributed by atoms with E-state index in [2.05, 4.69) is 10.6 Å². The molecule has 10 heteroatoms. The zero-order valence-corrected chi connectivity index (χ0v) is 19.4. The van der Waals surface area contributed by atoms with Crippen molar-refractivity contribution in [3.8, 4) is 5.75 Å². The molecule has 0 unspecified atom stereocenters. The number of piperidine rings is 1. The third kappa shape index (κ3) is 6.93. The number of hydrogen-bond acceptors (Lipinski definition) is 6. The molecule has 178 valence electrons. The van der Waals surface area contributed by atoms with Gasteiger partial charge in [0.15, 0.2) is 0 Å². The minimum atomic E-state index is -3.77. The van der Waals surface area contributed by atoms with Crippen LogP contribution in [0.2, 0.25) is 0 Å². The predicted octanol–water partition coefficient (Wildman–Crippen LogP) is 3.12. The fraction of sp³-hybridized carbons (Fsp3) is 0.391. The highest BCUT2D eigenvalue weighted by atomic mass is 32.2. The Labute approximate surface area is 194 Å². The lowest BCUT2D eigenvalue weighted by Gasteiger charge is -2.27. The maximum atomic E-state index is 13.2. The van der Waals surface area contributed by atoms with Crippen LogP contribution in [0.3, 0.4) is 0 Å². The van der Waals surface area contributed by atoms with Crippen LogP contribution in [0.15, 0.2) is 53.4 Å². The van der Waals surface area contributed by atoms with Crippen LogP contribution in [0, 0.1) is 0 Å². The van der Waals surface area contributed by atoms with Gasteiger partial charge in [0.25, 0.3) is 0 Å². The molecule has 0 radical (unpaired) electrons. The van der Waals surface area contributed by atoms with Gasteiger partial charge in [-0.3, -0.25) is 4.79 Å². The van der Waals surface area contributed by atoms with Crippen LogP contribution in [-0.2, 0) is 26.2 Å². The number of carbonyl (C=O) groups is 2. The normalized spacial score (nSPS) is 14.3. The lowest BCUT2D eigenvalue weighted by atomic mass is 10.2. The minimum Gasteiger partial charge on any atom is -0.492 e. The van der Waals surface area contributed by atoms with Crippen molar-refractivity contribution in [3.05, 3.63) is 54.1 Å². The number of nitrogens with zero attached hydrogens (tertiary/aromatic N) is 1. The molecule has 1 aliphatic heterocycles. The van der Waals surface area contributed by atoms with Gasteiger partial charge < -0.3 is 20.1 Å². The van der Waals surface area contributed by atoms with Gasteiger partial charge in [0.2, 0.25) is 15.9 Å². The highest BCUT2D eigenvalue weighted by Gasteiger charge is 2.29. The summed E-state index contributed by atoms with van der Waals surface area (Å²) in [5, 5.41) is 4.98. The van der Waals surface area contributed by atoms with Gasteiger partial charge >= 0.3 is 6.09 Å². The molecular weight excluding hydrogens is 446 g/mol. The Morgan fingerprint density at radius 3 is 2.45 bits per heavy atom. The van der Waals surface area contributed by atoms with E-state index >= 15 is 0 Å². The molecule has 33 heavy (non-hydrogen) atoms. The smallest absolute Gasteiger partial charge is 0.407 e. The number of amides is 2. The Hall–Kier alpha value is -3.11. The monoisotopic (exact) mass is 475 g/mol. The molecule has 1 heterocycles. The van der Waals surface area contributed by atoms with E-state index < -0.39 is 22.0 Å². The zero-order valence-electron chi connectivity index (χ0n) is 18.6. The lowest BCUT2D eigenvalue weighted by Crippen LogP contribution is -2.36. The predicted molar refractivity (Wildman–Crippen MR) is 123 cm³/mol. The molecule has 0 aromatic heterocycles. The molecule has 0 bridgehead atoms. The van der Waals surface area contributed by atoms with Crippen LogP contribution in [0.25, 0.3) is 0 Å². The zero-order chi connectivity index (χ0) is 23.7. The molecule has 0 atom stereocenters. The first-order chi connectivity index (χ1) is 15.9. The molecular formula is C23H29N3O6S. The summed E-state index contributed by atoms with van der Waals surface area (Å²) in [5.74, 6) is -0.277. The van der Waals surface area contributed by atoms with Crippen LogP contribution in [0.1, 0.15) is 31.7 Å². The van der Waals surface area contributed by atoms with E-state index in [1.54, 1.807) is 13.0 Å². The summed E-state index contributed by atoms with van der Waals surface area (Å²) in [6, 6.07) is 13.6. The Bertz CT molecular complexity index is 1050. The van der Waals surface area contributed by atoms with Crippen molar-refractivity contribution in [1.82, 2.24) is 9.62 Å². The number of ether oxygens (including phenoxy) is 2. The van der Waals surface area contributed by atoms with E-state index in [9.17, 15) is 18.0 Å². The number of benzene rings is 2. The number of sulfonamides is 1. The minimum absolute atomic E-state index is 0.0132. The number of rotatable bonds is 9. The summed E-state index contributed by atoms with van der Waals surface area (Å²) in [5.41, 5.74) is 1.12. The summed E-state index contributed by atoms with van der Waals surface area (Å²) in [6.45, 7) is 2.76. The molecule has 1 aliphatic rings. The van der Waals surface area contributed by atoms with Gasteiger partial charge in [-0.1, -0.05) is 36.8 Å². The Balaban J connectivity index is 1.61. The Morgan fingerprint density at radius 2 is 1.76 bits per heavy atom. The molecule has 3 rings (SSSR count). The van der Waals surface area contributed by atoms with Gasteiger partial charge in [0, 0.05) is 18.8 Å². The van der Waals surface area contributed by atoms with Crippen molar-refractivity contribution in [2.75, 3.05) is 31.6 Å². The van der Waals surface area contributed by atoms with Gasteiger partial charge in [-0.25, -0.2) is 13.2 Å². The van der Waals surface area contributed by atoms with Crippen molar-refractivity contribution < 1.29 is 27.5 Å². The van der Waals surface area contributed by atoms with Gasteiger partial charge in [0.05, 0.1) is 6.61 Å². The maximum Gasteiger partial charge on any atom is 0.407 e. The Kier molecular flexibility index (Phi) is 8.67. The molecule has 1 fully saturated rings. The number of anilines is 1. The highest BCUT2D eigenvalue weighted by molar-refractivity contribution is 7.89. The van der Waals surface area contributed by atoms with E-state index in [0.29, 0.717) is 25.4 Å². The fourth-order valence-electron chi connectivity index (χ4n) is 3.44. The number of hydrogen-bond donors (Lipinski definition) is 2. The van der Waals surface area contributed by atoms with Gasteiger partial charge in [-0.15, -0.1) is 0 Å². The summed E-state index contributed by atoms with van der Waals surface area (Å²) in [4.78, 5) is 24.1. The number of alkyl carbamates (subject to hydrolysis) is 1. The van der Waals surface area contributed by atoms with Crippen molar-refractivity contribution in [3.63, 3.8) is 0 Å². The van der Waals surface area contributed by atoms with E-state index in [4.69, 9.17) is 9.47 Å². The average Bonchev–Trinajstić information content (AvgIpc) is 2.83. The van der Waals surface area contributed by atoms with Crippen LogP contribution in [0.4, 0.5) is 10.5 Å². The van der Waals surface area contributed by atoms with Gasteiger partial charge in [0.1, 0.15) is 23.8 Å². The Morgan fingerprint density at radius 1 is 1.03 bits per heavy atom. The first-order valence-electron chi connectivity index (χ1n) is 10.9. The third-order valence-electron chi connectivity index (χ3n) is 5.07. The molecule has 0 aliphatic carbocycles. The van der Waals surface area contributed by atoms with Crippen molar-refractivity contribution >= 4 is 27.7 Å². The van der Waals surface area contributed by atoms with E-state index in [1.165, 1.54) is 16.4 Å². The van der Waals surface area contributed by atoms with Crippen molar-refractivity contribution in [2.24, 2.45) is 0 Å².